The van der Waals surface area contributed by atoms with Crippen molar-refractivity contribution in [3.63, 3.8) is 0 Å². The molecule has 5 heteroatoms. The number of carbonyl (C=O) groups excluding carboxylic acids is 1. The maximum atomic E-state index is 12.8. The summed E-state index contributed by atoms with van der Waals surface area (Å²) in [5.41, 5.74) is 2.16. The quantitative estimate of drug-likeness (QED) is 0.369. The van der Waals surface area contributed by atoms with Gasteiger partial charge >= 0.3 is 5.97 Å². The Labute approximate surface area is 158 Å². The lowest BCUT2D eigenvalue weighted by atomic mass is 10.1. The molecule has 27 heavy (non-hydrogen) atoms. The molecule has 1 aromatic heterocycles. The minimum atomic E-state index is -0.557. The van der Waals surface area contributed by atoms with Crippen LogP contribution >= 0.6 is 0 Å². The lowest BCUT2D eigenvalue weighted by Gasteiger charge is -2.11. The van der Waals surface area contributed by atoms with Crippen molar-refractivity contribution >= 4 is 16.7 Å². The van der Waals surface area contributed by atoms with Crippen molar-refractivity contribution in [2.24, 2.45) is 0 Å². The third kappa shape index (κ3) is 4.08. The van der Waals surface area contributed by atoms with E-state index in [-0.39, 0.29) is 11.3 Å². The number of benzene rings is 2. The number of rotatable bonds is 6. The number of unbranched alkanes of at least 4 members (excludes halogenated alkanes) is 2. The van der Waals surface area contributed by atoms with E-state index in [4.69, 9.17) is 4.74 Å². The largest absolute Gasteiger partial charge is 0.422 e. The van der Waals surface area contributed by atoms with E-state index in [0.29, 0.717) is 23.1 Å². The average molecular weight is 364 g/mol. The van der Waals surface area contributed by atoms with Crippen molar-refractivity contribution < 1.29 is 9.53 Å². The van der Waals surface area contributed by atoms with Crippen LogP contribution in [-0.4, -0.2) is 15.7 Å². The number of hydrogen-bond donors (Lipinski definition) is 0. The van der Waals surface area contributed by atoms with E-state index in [0.717, 1.165) is 30.4 Å². The summed E-state index contributed by atoms with van der Waals surface area (Å²) >= 11 is 0. The Balaban J connectivity index is 2.00. The Kier molecular flexibility index (Phi) is 5.69. The topological polar surface area (TPSA) is 61.2 Å². The molecule has 3 rings (SSSR count). The summed E-state index contributed by atoms with van der Waals surface area (Å²) in [4.78, 5) is 25.5. The summed E-state index contributed by atoms with van der Waals surface area (Å²) in [6.45, 7) is 6.56. The maximum absolute atomic E-state index is 12.8. The normalized spacial score (nSPS) is 10.9. The van der Waals surface area contributed by atoms with Gasteiger partial charge in [-0.25, -0.2) is 9.48 Å². The molecule has 0 amide bonds. The summed E-state index contributed by atoms with van der Waals surface area (Å²) in [5.74, 6) is -0.0867. The first-order valence-corrected chi connectivity index (χ1v) is 9.30. The summed E-state index contributed by atoms with van der Waals surface area (Å²) in [6.07, 6.45) is 2.89. The number of ether oxygens (including phenoxy) is 1. The molecular weight excluding hydrogens is 340 g/mol. The fourth-order valence-electron chi connectivity index (χ4n) is 2.98. The van der Waals surface area contributed by atoms with E-state index in [1.165, 1.54) is 4.68 Å². The van der Waals surface area contributed by atoms with Crippen molar-refractivity contribution in [1.29, 1.82) is 0 Å². The van der Waals surface area contributed by atoms with E-state index < -0.39 is 5.97 Å². The Morgan fingerprint density at radius 1 is 1.04 bits per heavy atom. The van der Waals surface area contributed by atoms with Gasteiger partial charge in [0.2, 0.25) is 0 Å². The van der Waals surface area contributed by atoms with Crippen LogP contribution in [0, 0.1) is 13.8 Å². The summed E-state index contributed by atoms with van der Waals surface area (Å²) in [6, 6.07) is 12.5. The summed E-state index contributed by atoms with van der Waals surface area (Å²) in [5, 5.41) is 5.34. The standard InChI is InChI=1S/C22H24N2O3/c1-4-5-8-13-24-21(25)19-10-7-6-9-18(19)20(23-24)22(26)27-17-12-11-15(2)16(3)14-17/h6-7,9-12,14H,4-5,8,13H2,1-3H3. The first-order chi connectivity index (χ1) is 13.0. The van der Waals surface area contributed by atoms with Crippen LogP contribution in [0.2, 0.25) is 0 Å². The first-order valence-electron chi connectivity index (χ1n) is 9.30. The molecule has 0 radical (unpaired) electrons. The Hall–Kier alpha value is -2.95. The zero-order valence-electron chi connectivity index (χ0n) is 16.0. The van der Waals surface area contributed by atoms with Gasteiger partial charge in [-0.05, 0) is 49.6 Å². The van der Waals surface area contributed by atoms with Gasteiger partial charge in [0.25, 0.3) is 5.56 Å². The zero-order chi connectivity index (χ0) is 19.4. The van der Waals surface area contributed by atoms with E-state index in [2.05, 4.69) is 12.0 Å². The smallest absolute Gasteiger partial charge is 0.364 e. The summed E-state index contributed by atoms with van der Waals surface area (Å²) in [7, 11) is 0. The van der Waals surface area contributed by atoms with Crippen LogP contribution in [0.1, 0.15) is 47.8 Å². The van der Waals surface area contributed by atoms with Gasteiger partial charge in [0, 0.05) is 11.9 Å². The van der Waals surface area contributed by atoms with Crippen molar-refractivity contribution in [2.75, 3.05) is 0 Å². The highest BCUT2D eigenvalue weighted by Crippen LogP contribution is 2.20. The molecule has 0 saturated heterocycles. The molecule has 0 unspecified atom stereocenters. The van der Waals surface area contributed by atoms with Crippen molar-refractivity contribution in [1.82, 2.24) is 9.78 Å². The van der Waals surface area contributed by atoms with Crippen LogP contribution in [0.4, 0.5) is 0 Å². The lowest BCUT2D eigenvalue weighted by Crippen LogP contribution is -2.27. The van der Waals surface area contributed by atoms with Gasteiger partial charge in [-0.15, -0.1) is 0 Å². The fraction of sp³-hybridized carbons (Fsp3) is 0.318. The third-order valence-electron chi connectivity index (χ3n) is 4.72. The molecule has 0 saturated carbocycles. The van der Waals surface area contributed by atoms with Gasteiger partial charge in [-0.2, -0.15) is 5.10 Å². The second-order valence-electron chi connectivity index (χ2n) is 6.77. The van der Waals surface area contributed by atoms with Crippen LogP contribution in [0.3, 0.4) is 0 Å². The highest BCUT2D eigenvalue weighted by atomic mass is 16.5. The molecule has 2 aromatic carbocycles. The Bertz CT molecular complexity index is 1040. The molecule has 0 bridgehead atoms. The van der Waals surface area contributed by atoms with Gasteiger partial charge in [-0.1, -0.05) is 44.0 Å². The molecule has 0 atom stereocenters. The van der Waals surface area contributed by atoms with E-state index >= 15 is 0 Å². The molecule has 5 nitrogen and oxygen atoms in total. The Morgan fingerprint density at radius 3 is 2.48 bits per heavy atom. The minimum absolute atomic E-state index is 0.167. The molecule has 3 aromatic rings. The summed E-state index contributed by atoms with van der Waals surface area (Å²) < 4.78 is 6.93. The lowest BCUT2D eigenvalue weighted by molar-refractivity contribution is 0.0728. The SMILES string of the molecule is CCCCCn1nc(C(=O)Oc2ccc(C)c(C)c2)c2ccccc2c1=O. The predicted octanol–water partition coefficient (Wildman–Crippen LogP) is 4.42. The number of hydrogen-bond acceptors (Lipinski definition) is 4. The number of nitrogens with zero attached hydrogens (tertiary/aromatic N) is 2. The van der Waals surface area contributed by atoms with Gasteiger partial charge in [0.1, 0.15) is 5.75 Å². The van der Waals surface area contributed by atoms with Crippen LogP contribution in [-0.2, 0) is 6.54 Å². The van der Waals surface area contributed by atoms with Gasteiger partial charge < -0.3 is 4.74 Å². The van der Waals surface area contributed by atoms with E-state index in [1.807, 2.05) is 26.0 Å². The van der Waals surface area contributed by atoms with Crippen LogP contribution in [0.25, 0.3) is 10.8 Å². The van der Waals surface area contributed by atoms with Crippen molar-refractivity contribution in [3.05, 3.63) is 69.6 Å². The second-order valence-corrected chi connectivity index (χ2v) is 6.77. The molecule has 0 N–H and O–H groups in total. The van der Waals surface area contributed by atoms with Crippen LogP contribution in [0.5, 0.6) is 5.75 Å². The van der Waals surface area contributed by atoms with Crippen molar-refractivity contribution in [3.8, 4) is 5.75 Å². The molecule has 0 aliphatic carbocycles. The zero-order valence-corrected chi connectivity index (χ0v) is 16.0. The third-order valence-corrected chi connectivity index (χ3v) is 4.72. The number of carbonyl (C=O) groups is 1. The monoisotopic (exact) mass is 364 g/mol. The van der Waals surface area contributed by atoms with Gasteiger partial charge in [-0.3, -0.25) is 4.79 Å². The number of aromatic nitrogens is 2. The number of aryl methyl sites for hydroxylation is 3. The molecular formula is C22H24N2O3. The average Bonchev–Trinajstić information content (AvgIpc) is 2.66. The molecule has 0 aliphatic heterocycles. The minimum Gasteiger partial charge on any atom is -0.422 e. The Morgan fingerprint density at radius 2 is 1.78 bits per heavy atom. The van der Waals surface area contributed by atoms with Gasteiger partial charge in [0.05, 0.1) is 5.39 Å². The van der Waals surface area contributed by atoms with E-state index in [1.54, 1.807) is 30.3 Å². The van der Waals surface area contributed by atoms with Gasteiger partial charge in [0.15, 0.2) is 5.69 Å². The maximum Gasteiger partial charge on any atom is 0.364 e. The fourth-order valence-corrected chi connectivity index (χ4v) is 2.98. The second kappa shape index (κ2) is 8.16. The van der Waals surface area contributed by atoms with Crippen LogP contribution in [0.15, 0.2) is 47.3 Å². The molecule has 0 fully saturated rings. The first kappa shape index (κ1) is 18.8. The number of esters is 1. The molecule has 0 spiro atoms. The predicted molar refractivity (Wildman–Crippen MR) is 106 cm³/mol. The number of fused-ring (bicyclic) bond motifs is 1. The molecule has 0 aliphatic rings. The van der Waals surface area contributed by atoms with Crippen LogP contribution < -0.4 is 10.3 Å². The molecule has 1 heterocycles. The highest BCUT2D eigenvalue weighted by Gasteiger charge is 2.18. The highest BCUT2D eigenvalue weighted by molar-refractivity contribution is 6.02. The molecule has 140 valence electrons. The van der Waals surface area contributed by atoms with Crippen molar-refractivity contribution in [2.45, 2.75) is 46.6 Å². The van der Waals surface area contributed by atoms with E-state index in [9.17, 15) is 9.59 Å².